The molecule has 0 spiro atoms. The van der Waals surface area contributed by atoms with E-state index in [1.54, 1.807) is 19.1 Å². The van der Waals surface area contributed by atoms with Crippen LogP contribution in [0.15, 0.2) is 54.6 Å². The molecule has 1 saturated heterocycles. The van der Waals surface area contributed by atoms with Crippen molar-refractivity contribution >= 4 is 21.7 Å². The van der Waals surface area contributed by atoms with E-state index in [2.05, 4.69) is 5.32 Å². The fourth-order valence-corrected chi connectivity index (χ4v) is 5.22. The summed E-state index contributed by atoms with van der Waals surface area (Å²) in [7, 11) is -3.12. The Morgan fingerprint density at radius 1 is 1.04 bits per heavy atom. The summed E-state index contributed by atoms with van der Waals surface area (Å²) in [6.07, 6.45) is 0.357. The van der Waals surface area contributed by atoms with Gasteiger partial charge in [0, 0.05) is 0 Å². The number of carbonyl (C=O) groups excluding carboxylic acids is 2. The van der Waals surface area contributed by atoms with E-state index in [0.717, 1.165) is 11.1 Å². The van der Waals surface area contributed by atoms with Crippen LogP contribution in [0.4, 0.5) is 0 Å². The topological polar surface area (TPSA) is 89.5 Å². The second kappa shape index (κ2) is 7.52. The van der Waals surface area contributed by atoms with E-state index in [4.69, 9.17) is 4.74 Å². The van der Waals surface area contributed by atoms with Crippen LogP contribution in [0.2, 0.25) is 0 Å². The number of carbonyl (C=O) groups is 2. The summed E-state index contributed by atoms with van der Waals surface area (Å²) < 4.78 is 28.2. The summed E-state index contributed by atoms with van der Waals surface area (Å²) in [5.74, 6) is -1.16. The summed E-state index contributed by atoms with van der Waals surface area (Å²) in [5.41, 5.74) is 1.55. The lowest BCUT2D eigenvalue weighted by atomic mass is 10.0. The fraction of sp³-hybridized carbons (Fsp3) is 0.300. The van der Waals surface area contributed by atoms with Crippen LogP contribution in [0.3, 0.4) is 0 Å². The van der Waals surface area contributed by atoms with E-state index in [9.17, 15) is 18.0 Å². The van der Waals surface area contributed by atoms with Crippen LogP contribution in [0.1, 0.15) is 23.7 Å². The molecule has 7 heteroatoms. The Morgan fingerprint density at radius 2 is 1.67 bits per heavy atom. The minimum absolute atomic E-state index is 0.0529. The van der Waals surface area contributed by atoms with Gasteiger partial charge in [0.2, 0.25) is 0 Å². The third-order valence-electron chi connectivity index (χ3n) is 4.51. The summed E-state index contributed by atoms with van der Waals surface area (Å²) in [6, 6.07) is 16.7. The van der Waals surface area contributed by atoms with E-state index < -0.39 is 33.9 Å². The molecule has 0 aliphatic carbocycles. The fourth-order valence-electron chi connectivity index (χ4n) is 3.13. The lowest BCUT2D eigenvalue weighted by molar-refractivity contribution is -0.125. The molecule has 0 unspecified atom stereocenters. The summed E-state index contributed by atoms with van der Waals surface area (Å²) in [6.45, 7) is 1.23. The van der Waals surface area contributed by atoms with Crippen molar-refractivity contribution in [3.63, 3.8) is 0 Å². The van der Waals surface area contributed by atoms with Gasteiger partial charge in [-0.15, -0.1) is 0 Å². The number of sulfone groups is 1. The molecule has 1 atom stereocenters. The average Bonchev–Trinajstić information content (AvgIpc) is 2.93. The molecule has 27 heavy (non-hydrogen) atoms. The van der Waals surface area contributed by atoms with E-state index in [1.807, 2.05) is 42.5 Å². The number of ether oxygens (including phenoxy) is 1. The maximum absolute atomic E-state index is 12.1. The molecule has 2 aromatic rings. The minimum atomic E-state index is -3.12. The van der Waals surface area contributed by atoms with Gasteiger partial charge >= 0.3 is 5.97 Å². The summed E-state index contributed by atoms with van der Waals surface area (Å²) in [4.78, 5) is 24.1. The number of rotatable bonds is 5. The van der Waals surface area contributed by atoms with Gasteiger partial charge in [-0.3, -0.25) is 4.79 Å². The molecular formula is C20H21NO5S. The Morgan fingerprint density at radius 3 is 2.26 bits per heavy atom. The van der Waals surface area contributed by atoms with Gasteiger partial charge in [-0.25, -0.2) is 13.2 Å². The van der Waals surface area contributed by atoms with Crippen LogP contribution in [0, 0.1) is 0 Å². The zero-order valence-corrected chi connectivity index (χ0v) is 15.8. The monoisotopic (exact) mass is 387 g/mol. The normalized spacial score (nSPS) is 20.8. The first-order valence-corrected chi connectivity index (χ1v) is 10.4. The number of amides is 1. The van der Waals surface area contributed by atoms with Crippen molar-refractivity contribution in [3.05, 3.63) is 60.2 Å². The molecule has 1 aliphatic heterocycles. The molecule has 0 radical (unpaired) electrons. The van der Waals surface area contributed by atoms with Gasteiger partial charge in [-0.05, 0) is 36.6 Å². The van der Waals surface area contributed by atoms with E-state index in [-0.39, 0.29) is 11.5 Å². The van der Waals surface area contributed by atoms with Gasteiger partial charge in [0.15, 0.2) is 16.4 Å². The Kier molecular flexibility index (Phi) is 5.32. The molecule has 3 rings (SSSR count). The van der Waals surface area contributed by atoms with Crippen molar-refractivity contribution in [1.29, 1.82) is 0 Å². The molecule has 2 aromatic carbocycles. The molecule has 1 aliphatic rings. The van der Waals surface area contributed by atoms with Crippen LogP contribution in [-0.2, 0) is 19.4 Å². The first kappa shape index (κ1) is 19.1. The number of esters is 1. The SMILES string of the molecule is C[C@]1(NC(=O)COC(=O)c2ccc(-c3ccccc3)cc2)CCS(=O)(=O)C1. The van der Waals surface area contributed by atoms with Gasteiger partial charge in [0.05, 0.1) is 22.6 Å². The predicted octanol–water partition coefficient (Wildman–Crippen LogP) is 2.20. The molecule has 0 aromatic heterocycles. The van der Waals surface area contributed by atoms with E-state index in [1.165, 1.54) is 0 Å². The maximum Gasteiger partial charge on any atom is 0.338 e. The van der Waals surface area contributed by atoms with E-state index >= 15 is 0 Å². The smallest absolute Gasteiger partial charge is 0.338 e. The number of nitrogens with one attached hydrogen (secondary N) is 1. The van der Waals surface area contributed by atoms with Crippen molar-refractivity contribution in [1.82, 2.24) is 5.32 Å². The van der Waals surface area contributed by atoms with Gasteiger partial charge in [0.1, 0.15) is 0 Å². The standard InChI is InChI=1S/C20H21NO5S/c1-20(11-12-27(24,25)14-20)21-18(22)13-26-19(23)17-9-7-16(8-10-17)15-5-3-2-4-6-15/h2-10H,11-14H2,1H3,(H,21,22)/t20-/m0/s1. The minimum Gasteiger partial charge on any atom is -0.452 e. The molecule has 0 saturated carbocycles. The third kappa shape index (κ3) is 4.95. The van der Waals surface area contributed by atoms with Crippen molar-refractivity contribution in [2.24, 2.45) is 0 Å². The molecule has 1 fully saturated rings. The first-order chi connectivity index (χ1) is 12.8. The number of hydrogen-bond acceptors (Lipinski definition) is 5. The van der Waals surface area contributed by atoms with Crippen LogP contribution in [-0.4, -0.2) is 43.9 Å². The molecule has 0 bridgehead atoms. The highest BCUT2D eigenvalue weighted by atomic mass is 32.2. The highest BCUT2D eigenvalue weighted by Crippen LogP contribution is 2.23. The van der Waals surface area contributed by atoms with Crippen molar-refractivity contribution in [2.45, 2.75) is 18.9 Å². The predicted molar refractivity (Wildman–Crippen MR) is 102 cm³/mol. The molecule has 6 nitrogen and oxygen atoms in total. The lowest BCUT2D eigenvalue weighted by Gasteiger charge is -2.23. The summed E-state index contributed by atoms with van der Waals surface area (Å²) >= 11 is 0. The largest absolute Gasteiger partial charge is 0.452 e. The molecule has 142 valence electrons. The van der Waals surface area contributed by atoms with Gasteiger partial charge in [-0.1, -0.05) is 42.5 Å². The van der Waals surface area contributed by atoms with Gasteiger partial charge in [0.25, 0.3) is 5.91 Å². The van der Waals surface area contributed by atoms with Crippen molar-refractivity contribution < 1.29 is 22.7 Å². The molecule has 1 amide bonds. The highest BCUT2D eigenvalue weighted by molar-refractivity contribution is 7.91. The first-order valence-electron chi connectivity index (χ1n) is 8.60. The Bertz CT molecular complexity index is 938. The second-order valence-corrected chi connectivity index (χ2v) is 9.15. The van der Waals surface area contributed by atoms with Crippen molar-refractivity contribution in [3.8, 4) is 11.1 Å². The maximum atomic E-state index is 12.1. The molecule has 1 N–H and O–H groups in total. The second-order valence-electron chi connectivity index (χ2n) is 6.97. The van der Waals surface area contributed by atoms with E-state index in [0.29, 0.717) is 12.0 Å². The highest BCUT2D eigenvalue weighted by Gasteiger charge is 2.39. The molecule has 1 heterocycles. The lowest BCUT2D eigenvalue weighted by Crippen LogP contribution is -2.48. The van der Waals surface area contributed by atoms with Crippen LogP contribution < -0.4 is 5.32 Å². The van der Waals surface area contributed by atoms with Crippen LogP contribution >= 0.6 is 0 Å². The summed E-state index contributed by atoms with van der Waals surface area (Å²) in [5, 5.41) is 2.65. The average molecular weight is 387 g/mol. The quantitative estimate of drug-likeness (QED) is 0.795. The number of benzene rings is 2. The Balaban J connectivity index is 1.54. The number of hydrogen-bond donors (Lipinski definition) is 1. The van der Waals surface area contributed by atoms with Gasteiger partial charge < -0.3 is 10.1 Å². The van der Waals surface area contributed by atoms with Crippen LogP contribution in [0.25, 0.3) is 11.1 Å². The third-order valence-corrected chi connectivity index (χ3v) is 6.41. The van der Waals surface area contributed by atoms with Crippen LogP contribution in [0.5, 0.6) is 0 Å². The zero-order chi connectivity index (χ0) is 19.5. The van der Waals surface area contributed by atoms with Gasteiger partial charge in [-0.2, -0.15) is 0 Å². The Hall–Kier alpha value is -2.67. The van der Waals surface area contributed by atoms with Crippen molar-refractivity contribution in [2.75, 3.05) is 18.1 Å². The molecular weight excluding hydrogens is 366 g/mol. The Labute approximate surface area is 158 Å². The zero-order valence-electron chi connectivity index (χ0n) is 15.0.